The normalized spacial score (nSPS) is 11.4. The molecule has 6 heteroatoms. The van der Waals surface area contributed by atoms with E-state index in [9.17, 15) is 8.42 Å². The largest absolute Gasteiger partial charge is 0.256 e. The topological polar surface area (TPSA) is 59.9 Å². The minimum Gasteiger partial charge on any atom is -0.256 e. The molecule has 0 aliphatic rings. The Morgan fingerprint density at radius 2 is 2.06 bits per heavy atom. The first-order valence-electron chi connectivity index (χ1n) is 5.34. The average molecular weight is 283 g/mol. The molecule has 0 aliphatic heterocycles. The lowest BCUT2D eigenvalue weighted by Gasteiger charge is -2.06. The standard InChI is InChI=1S/C12H11ClN2O2S/c1-2-18(16,17)11-7-9(8-15-12(11)13)10-5-3-4-6-14-10/h3-8H,2H2,1H3. The van der Waals surface area contributed by atoms with Crippen LogP contribution in [0, 0.1) is 0 Å². The number of rotatable bonds is 3. The molecule has 0 saturated carbocycles. The summed E-state index contributed by atoms with van der Waals surface area (Å²) < 4.78 is 23.7. The zero-order valence-electron chi connectivity index (χ0n) is 9.67. The van der Waals surface area contributed by atoms with Gasteiger partial charge in [-0.15, -0.1) is 0 Å². The number of hydrogen-bond acceptors (Lipinski definition) is 4. The molecule has 0 aliphatic carbocycles. The lowest BCUT2D eigenvalue weighted by Crippen LogP contribution is -2.05. The van der Waals surface area contributed by atoms with Crippen molar-refractivity contribution in [2.24, 2.45) is 0 Å². The maximum absolute atomic E-state index is 11.9. The van der Waals surface area contributed by atoms with E-state index in [1.165, 1.54) is 12.3 Å². The van der Waals surface area contributed by atoms with Crippen molar-refractivity contribution in [3.05, 3.63) is 41.8 Å². The Morgan fingerprint density at radius 1 is 1.28 bits per heavy atom. The molecule has 2 rings (SSSR count). The highest BCUT2D eigenvalue weighted by Gasteiger charge is 2.18. The lowest BCUT2D eigenvalue weighted by molar-refractivity contribution is 0.597. The van der Waals surface area contributed by atoms with Crippen LogP contribution in [-0.4, -0.2) is 24.1 Å². The third-order valence-electron chi connectivity index (χ3n) is 2.48. The Bertz CT molecular complexity index is 657. The summed E-state index contributed by atoms with van der Waals surface area (Å²) in [6, 6.07) is 6.91. The monoisotopic (exact) mass is 282 g/mol. The van der Waals surface area contributed by atoms with E-state index in [0.29, 0.717) is 11.3 Å². The molecule has 94 valence electrons. The average Bonchev–Trinajstić information content (AvgIpc) is 2.40. The van der Waals surface area contributed by atoms with Crippen LogP contribution in [0.2, 0.25) is 5.15 Å². The van der Waals surface area contributed by atoms with Crippen molar-refractivity contribution in [2.45, 2.75) is 11.8 Å². The predicted octanol–water partition coefficient (Wildman–Crippen LogP) is 2.59. The Labute approximate surface area is 111 Å². The van der Waals surface area contributed by atoms with E-state index in [4.69, 9.17) is 11.6 Å². The fraction of sp³-hybridized carbons (Fsp3) is 0.167. The molecule has 0 fully saturated rings. The summed E-state index contributed by atoms with van der Waals surface area (Å²) in [7, 11) is -3.38. The van der Waals surface area contributed by atoms with Crippen LogP contribution in [0.15, 0.2) is 41.6 Å². The number of pyridine rings is 2. The van der Waals surface area contributed by atoms with E-state index in [1.54, 1.807) is 25.3 Å². The van der Waals surface area contributed by atoms with E-state index in [2.05, 4.69) is 9.97 Å². The van der Waals surface area contributed by atoms with Gasteiger partial charge in [0, 0.05) is 18.0 Å². The summed E-state index contributed by atoms with van der Waals surface area (Å²) in [6.07, 6.45) is 3.15. The second kappa shape index (κ2) is 5.04. The van der Waals surface area contributed by atoms with Gasteiger partial charge in [0.25, 0.3) is 0 Å². The highest BCUT2D eigenvalue weighted by atomic mass is 35.5. The number of aromatic nitrogens is 2. The number of nitrogens with zero attached hydrogens (tertiary/aromatic N) is 2. The van der Waals surface area contributed by atoms with Gasteiger partial charge in [-0.25, -0.2) is 13.4 Å². The molecule has 2 heterocycles. The molecule has 0 aromatic carbocycles. The van der Waals surface area contributed by atoms with E-state index < -0.39 is 9.84 Å². The summed E-state index contributed by atoms with van der Waals surface area (Å²) in [5, 5.41) is -0.00321. The van der Waals surface area contributed by atoms with Gasteiger partial charge >= 0.3 is 0 Å². The zero-order valence-corrected chi connectivity index (χ0v) is 11.2. The second-order valence-electron chi connectivity index (χ2n) is 3.63. The van der Waals surface area contributed by atoms with E-state index in [0.717, 1.165) is 0 Å². The molecular weight excluding hydrogens is 272 g/mol. The van der Waals surface area contributed by atoms with Gasteiger partial charge in [-0.05, 0) is 18.2 Å². The fourth-order valence-electron chi connectivity index (χ4n) is 1.48. The quantitative estimate of drug-likeness (QED) is 0.812. The lowest BCUT2D eigenvalue weighted by atomic mass is 10.2. The van der Waals surface area contributed by atoms with Crippen molar-refractivity contribution in [3.8, 4) is 11.3 Å². The van der Waals surface area contributed by atoms with Crippen molar-refractivity contribution in [2.75, 3.05) is 5.75 Å². The molecule has 0 bridgehead atoms. The summed E-state index contributed by atoms with van der Waals surface area (Å²) in [6.45, 7) is 1.57. The highest BCUT2D eigenvalue weighted by Crippen LogP contribution is 2.25. The smallest absolute Gasteiger partial charge is 0.181 e. The second-order valence-corrected chi connectivity index (χ2v) is 6.24. The summed E-state index contributed by atoms with van der Waals surface area (Å²) in [4.78, 5) is 8.12. The summed E-state index contributed by atoms with van der Waals surface area (Å²) >= 11 is 5.84. The van der Waals surface area contributed by atoms with Gasteiger partial charge in [0.15, 0.2) is 9.84 Å². The Kier molecular flexibility index (Phi) is 3.63. The van der Waals surface area contributed by atoms with E-state index in [-0.39, 0.29) is 15.8 Å². The molecule has 0 amide bonds. The van der Waals surface area contributed by atoms with Crippen molar-refractivity contribution in [1.82, 2.24) is 9.97 Å². The van der Waals surface area contributed by atoms with Crippen LogP contribution >= 0.6 is 11.6 Å². The zero-order chi connectivity index (χ0) is 13.2. The third kappa shape index (κ3) is 2.52. The van der Waals surface area contributed by atoms with Crippen LogP contribution < -0.4 is 0 Å². The molecule has 0 atom stereocenters. The maximum Gasteiger partial charge on any atom is 0.181 e. The summed E-state index contributed by atoms with van der Waals surface area (Å²) in [5.74, 6) is -0.0138. The van der Waals surface area contributed by atoms with Gasteiger partial charge in [-0.2, -0.15) is 0 Å². The van der Waals surface area contributed by atoms with Crippen LogP contribution in [0.4, 0.5) is 0 Å². The van der Waals surface area contributed by atoms with Crippen LogP contribution in [0.5, 0.6) is 0 Å². The van der Waals surface area contributed by atoms with Gasteiger partial charge in [0.05, 0.1) is 11.4 Å². The van der Waals surface area contributed by atoms with Crippen LogP contribution in [0.3, 0.4) is 0 Å². The first-order chi connectivity index (χ1) is 8.54. The van der Waals surface area contributed by atoms with Gasteiger partial charge < -0.3 is 0 Å². The number of hydrogen-bond donors (Lipinski definition) is 0. The fourth-order valence-corrected chi connectivity index (χ4v) is 2.86. The molecule has 0 N–H and O–H groups in total. The minimum atomic E-state index is -3.38. The van der Waals surface area contributed by atoms with Crippen molar-refractivity contribution in [1.29, 1.82) is 0 Å². The molecule has 18 heavy (non-hydrogen) atoms. The maximum atomic E-state index is 11.9. The predicted molar refractivity (Wildman–Crippen MR) is 70.2 cm³/mol. The molecule has 2 aromatic rings. The third-order valence-corrected chi connectivity index (χ3v) is 4.64. The van der Waals surface area contributed by atoms with Gasteiger partial charge in [0.2, 0.25) is 0 Å². The van der Waals surface area contributed by atoms with Crippen LogP contribution in [0.25, 0.3) is 11.3 Å². The summed E-state index contributed by atoms with van der Waals surface area (Å²) in [5.41, 5.74) is 1.29. The SMILES string of the molecule is CCS(=O)(=O)c1cc(-c2ccccn2)cnc1Cl. The molecule has 4 nitrogen and oxygen atoms in total. The molecule has 2 aromatic heterocycles. The van der Waals surface area contributed by atoms with Crippen molar-refractivity contribution < 1.29 is 8.42 Å². The van der Waals surface area contributed by atoms with Crippen molar-refractivity contribution >= 4 is 21.4 Å². The van der Waals surface area contributed by atoms with E-state index >= 15 is 0 Å². The van der Waals surface area contributed by atoms with Gasteiger partial charge in [-0.3, -0.25) is 4.98 Å². The highest BCUT2D eigenvalue weighted by molar-refractivity contribution is 7.91. The molecule has 0 radical (unpaired) electrons. The Hall–Kier alpha value is -1.46. The first-order valence-corrected chi connectivity index (χ1v) is 7.37. The van der Waals surface area contributed by atoms with Gasteiger partial charge in [0.1, 0.15) is 10.0 Å². The number of sulfone groups is 1. The van der Waals surface area contributed by atoms with Gasteiger partial charge in [-0.1, -0.05) is 24.6 Å². The first kappa shape index (κ1) is 13.0. The van der Waals surface area contributed by atoms with Crippen molar-refractivity contribution in [3.63, 3.8) is 0 Å². The molecular formula is C12H11ClN2O2S. The van der Waals surface area contributed by atoms with Crippen LogP contribution in [-0.2, 0) is 9.84 Å². The Balaban J connectivity index is 2.58. The van der Waals surface area contributed by atoms with E-state index in [1.807, 2.05) is 6.07 Å². The Morgan fingerprint density at radius 3 is 2.67 bits per heavy atom. The van der Waals surface area contributed by atoms with Crippen LogP contribution in [0.1, 0.15) is 6.92 Å². The number of halogens is 1. The minimum absolute atomic E-state index is 0.00321. The molecule has 0 spiro atoms. The molecule has 0 saturated heterocycles. The molecule has 0 unspecified atom stereocenters.